The van der Waals surface area contributed by atoms with E-state index in [0.717, 1.165) is 24.2 Å². The number of carbonyl (C=O) groups excluding carboxylic acids is 1. The van der Waals surface area contributed by atoms with Crippen LogP contribution in [0.2, 0.25) is 0 Å². The van der Waals surface area contributed by atoms with Gasteiger partial charge in [0.25, 0.3) is 0 Å². The molecule has 6 nitrogen and oxygen atoms in total. The number of hydrogen-bond acceptors (Lipinski definition) is 5. The fraction of sp³-hybridized carbons (Fsp3) is 0.615. The zero-order valence-electron chi connectivity index (χ0n) is 11.5. The van der Waals surface area contributed by atoms with Crippen LogP contribution in [0, 0.1) is 0 Å². The van der Waals surface area contributed by atoms with Gasteiger partial charge in [-0.15, -0.1) is 0 Å². The van der Waals surface area contributed by atoms with Crippen LogP contribution in [0.3, 0.4) is 0 Å². The number of carbonyl (C=O) groups is 1. The molecule has 2 rings (SSSR count). The van der Waals surface area contributed by atoms with Gasteiger partial charge in [-0.2, -0.15) is 0 Å². The van der Waals surface area contributed by atoms with E-state index in [1.165, 1.54) is 6.33 Å². The van der Waals surface area contributed by atoms with Crippen molar-refractivity contribution in [1.29, 1.82) is 0 Å². The molecule has 0 unspecified atom stereocenters. The lowest BCUT2D eigenvalue weighted by Gasteiger charge is -2.25. The summed E-state index contributed by atoms with van der Waals surface area (Å²) in [6.07, 6.45) is 5.94. The second kappa shape index (κ2) is 5.97. The largest absolute Gasteiger partial charge is 0.357 e. The second-order valence-corrected chi connectivity index (χ2v) is 4.90. The quantitative estimate of drug-likeness (QED) is 0.804. The predicted octanol–water partition coefficient (Wildman–Crippen LogP) is 0.0811. The average molecular weight is 263 g/mol. The van der Waals surface area contributed by atoms with Gasteiger partial charge in [0.1, 0.15) is 18.2 Å². The summed E-state index contributed by atoms with van der Waals surface area (Å²) >= 11 is 0. The van der Waals surface area contributed by atoms with E-state index < -0.39 is 0 Å². The zero-order chi connectivity index (χ0) is 13.8. The van der Waals surface area contributed by atoms with Crippen molar-refractivity contribution in [2.24, 2.45) is 5.73 Å². The molecule has 1 aromatic rings. The molecule has 1 saturated heterocycles. The predicted molar refractivity (Wildman–Crippen MR) is 73.8 cm³/mol. The van der Waals surface area contributed by atoms with E-state index >= 15 is 0 Å². The molecule has 3 N–H and O–H groups in total. The first-order valence-electron chi connectivity index (χ1n) is 6.70. The highest BCUT2D eigenvalue weighted by Gasteiger charge is 2.36. The van der Waals surface area contributed by atoms with Gasteiger partial charge in [-0.25, -0.2) is 9.97 Å². The zero-order valence-corrected chi connectivity index (χ0v) is 11.5. The van der Waals surface area contributed by atoms with E-state index in [-0.39, 0.29) is 18.0 Å². The SMILES string of the molecule is CCCc1cncnc1N1C[C@H](N)C[C@H]1C(=O)NC. The highest BCUT2D eigenvalue weighted by atomic mass is 16.2. The van der Waals surface area contributed by atoms with Crippen molar-refractivity contribution in [2.75, 3.05) is 18.5 Å². The maximum Gasteiger partial charge on any atom is 0.242 e. The Balaban J connectivity index is 2.31. The van der Waals surface area contributed by atoms with Gasteiger partial charge < -0.3 is 16.0 Å². The van der Waals surface area contributed by atoms with E-state index in [2.05, 4.69) is 22.2 Å². The van der Waals surface area contributed by atoms with Gasteiger partial charge in [-0.3, -0.25) is 4.79 Å². The molecule has 6 heteroatoms. The van der Waals surface area contributed by atoms with Crippen molar-refractivity contribution in [3.63, 3.8) is 0 Å². The number of aryl methyl sites for hydroxylation is 1. The van der Waals surface area contributed by atoms with Crippen LogP contribution in [0.25, 0.3) is 0 Å². The molecule has 1 aliphatic heterocycles. The molecule has 0 saturated carbocycles. The van der Waals surface area contributed by atoms with Crippen LogP contribution in [0.15, 0.2) is 12.5 Å². The van der Waals surface area contributed by atoms with E-state index in [0.29, 0.717) is 13.0 Å². The molecule has 0 radical (unpaired) electrons. The Labute approximate surface area is 113 Å². The third-order valence-corrected chi connectivity index (χ3v) is 3.44. The van der Waals surface area contributed by atoms with Crippen molar-refractivity contribution >= 4 is 11.7 Å². The van der Waals surface area contributed by atoms with Crippen LogP contribution in [0.4, 0.5) is 5.82 Å². The van der Waals surface area contributed by atoms with Crippen LogP contribution in [0.5, 0.6) is 0 Å². The van der Waals surface area contributed by atoms with Crippen LogP contribution in [-0.2, 0) is 11.2 Å². The van der Waals surface area contributed by atoms with Gasteiger partial charge in [0.2, 0.25) is 5.91 Å². The fourth-order valence-electron chi connectivity index (χ4n) is 2.57. The Morgan fingerprint density at radius 1 is 1.63 bits per heavy atom. The average Bonchev–Trinajstić information content (AvgIpc) is 2.81. The number of nitrogens with one attached hydrogen (secondary N) is 1. The molecule has 1 aliphatic rings. The van der Waals surface area contributed by atoms with Gasteiger partial charge in [0.15, 0.2) is 0 Å². The molecule has 0 aromatic carbocycles. The molecule has 1 amide bonds. The van der Waals surface area contributed by atoms with Gasteiger partial charge >= 0.3 is 0 Å². The number of aromatic nitrogens is 2. The second-order valence-electron chi connectivity index (χ2n) is 4.90. The summed E-state index contributed by atoms with van der Waals surface area (Å²) < 4.78 is 0. The summed E-state index contributed by atoms with van der Waals surface area (Å²) in [6, 6.07) is -0.225. The summed E-state index contributed by atoms with van der Waals surface area (Å²) in [4.78, 5) is 22.4. The molecular weight excluding hydrogens is 242 g/mol. The maximum atomic E-state index is 12.0. The first-order valence-corrected chi connectivity index (χ1v) is 6.70. The molecule has 2 heterocycles. The monoisotopic (exact) mass is 263 g/mol. The van der Waals surface area contributed by atoms with E-state index in [4.69, 9.17) is 5.73 Å². The van der Waals surface area contributed by atoms with E-state index in [1.807, 2.05) is 11.1 Å². The number of amides is 1. The van der Waals surface area contributed by atoms with Crippen molar-refractivity contribution in [2.45, 2.75) is 38.3 Å². The van der Waals surface area contributed by atoms with Crippen LogP contribution in [0.1, 0.15) is 25.3 Å². The maximum absolute atomic E-state index is 12.0. The highest BCUT2D eigenvalue weighted by molar-refractivity contribution is 5.85. The third kappa shape index (κ3) is 2.84. The number of rotatable bonds is 4. The molecule has 19 heavy (non-hydrogen) atoms. The minimum absolute atomic E-state index is 0.00555. The van der Waals surface area contributed by atoms with Crippen molar-refractivity contribution in [3.8, 4) is 0 Å². The van der Waals surface area contributed by atoms with Crippen LogP contribution in [-0.4, -0.2) is 41.6 Å². The Morgan fingerprint density at radius 2 is 2.42 bits per heavy atom. The lowest BCUT2D eigenvalue weighted by molar-refractivity contribution is -0.121. The molecule has 104 valence electrons. The summed E-state index contributed by atoms with van der Waals surface area (Å²) in [6.45, 7) is 2.77. The van der Waals surface area contributed by atoms with Crippen molar-refractivity contribution in [1.82, 2.24) is 15.3 Å². The standard InChI is InChI=1S/C13H21N5O/c1-3-4-9-6-16-8-17-12(9)18-7-10(14)5-11(18)13(19)15-2/h6,8,10-11H,3-5,7,14H2,1-2H3,(H,15,19)/t10-,11+/m1/s1. The minimum Gasteiger partial charge on any atom is -0.357 e. The van der Waals surface area contributed by atoms with E-state index in [1.54, 1.807) is 7.05 Å². The molecule has 0 aliphatic carbocycles. The summed E-state index contributed by atoms with van der Waals surface area (Å²) in [5.41, 5.74) is 7.08. The Kier molecular flexibility index (Phi) is 4.31. The third-order valence-electron chi connectivity index (χ3n) is 3.44. The Bertz CT molecular complexity index is 450. The number of nitrogens with two attached hydrogens (primary N) is 1. The normalized spacial score (nSPS) is 22.6. The van der Waals surface area contributed by atoms with Crippen LogP contribution >= 0.6 is 0 Å². The van der Waals surface area contributed by atoms with Gasteiger partial charge in [0, 0.05) is 31.4 Å². The smallest absolute Gasteiger partial charge is 0.242 e. The lowest BCUT2D eigenvalue weighted by Crippen LogP contribution is -2.42. The van der Waals surface area contributed by atoms with Crippen molar-refractivity contribution < 1.29 is 4.79 Å². The lowest BCUT2D eigenvalue weighted by atomic mass is 10.1. The number of hydrogen-bond donors (Lipinski definition) is 2. The van der Waals surface area contributed by atoms with Gasteiger partial charge in [0.05, 0.1) is 0 Å². The van der Waals surface area contributed by atoms with Gasteiger partial charge in [-0.1, -0.05) is 13.3 Å². The summed E-state index contributed by atoms with van der Waals surface area (Å²) in [7, 11) is 1.65. The summed E-state index contributed by atoms with van der Waals surface area (Å²) in [5, 5.41) is 2.70. The molecule has 0 spiro atoms. The molecule has 1 aromatic heterocycles. The molecule has 0 bridgehead atoms. The number of likely N-dealkylation sites (N-methyl/N-ethyl adjacent to an activating group) is 1. The van der Waals surface area contributed by atoms with Crippen LogP contribution < -0.4 is 16.0 Å². The Hall–Kier alpha value is -1.69. The highest BCUT2D eigenvalue weighted by Crippen LogP contribution is 2.26. The van der Waals surface area contributed by atoms with E-state index in [9.17, 15) is 4.79 Å². The summed E-state index contributed by atoms with van der Waals surface area (Å²) in [5.74, 6) is 0.840. The minimum atomic E-state index is -0.231. The number of nitrogens with zero attached hydrogens (tertiary/aromatic N) is 3. The Morgan fingerprint density at radius 3 is 3.11 bits per heavy atom. The number of anilines is 1. The van der Waals surface area contributed by atoms with Gasteiger partial charge in [-0.05, 0) is 12.8 Å². The van der Waals surface area contributed by atoms with Crippen molar-refractivity contribution in [3.05, 3.63) is 18.1 Å². The molecular formula is C13H21N5O. The first-order chi connectivity index (χ1) is 9.17. The molecule has 2 atom stereocenters. The fourth-order valence-corrected chi connectivity index (χ4v) is 2.57. The topological polar surface area (TPSA) is 84.1 Å². The first kappa shape index (κ1) is 13.7. The molecule has 1 fully saturated rings.